The number of pyridine rings is 2. The van der Waals surface area contributed by atoms with E-state index in [0.29, 0.717) is 0 Å². The van der Waals surface area contributed by atoms with Gasteiger partial charge in [0.15, 0.2) is 22.6 Å². The summed E-state index contributed by atoms with van der Waals surface area (Å²) in [5.74, 6) is 4.84. The molecule has 1 spiro atoms. The molecule has 0 N–H and O–H groups in total. The number of fused-ring (bicyclic) bond motifs is 1. The topological polar surface area (TPSA) is 29.5 Å². The molecule has 0 bridgehead atoms. The average molecular weight is 592 g/mol. The summed E-state index contributed by atoms with van der Waals surface area (Å²) in [5, 5.41) is 1.40. The molecule has 6 aliphatic heterocycles. The molecule has 44 heavy (non-hydrogen) atoms. The highest BCUT2D eigenvalue weighted by molar-refractivity contribution is 6.88. The minimum atomic E-state index is -1.69. The molecule has 2 aromatic heterocycles. The van der Waals surface area contributed by atoms with Crippen molar-refractivity contribution in [3.05, 3.63) is 106 Å². The SMILES string of the molecule is CC1(C)c2cccc3c2N2c4c1ccc1c4C45c6c(cccc6Oc6cc([Si](C)(C)C)cc([n+]64)-c4ccc(c2[n+]45)C3(C)C)O1. The van der Waals surface area contributed by atoms with E-state index in [1.54, 1.807) is 0 Å². The van der Waals surface area contributed by atoms with E-state index in [2.05, 4.69) is 134 Å². The van der Waals surface area contributed by atoms with Crippen molar-refractivity contribution >= 4 is 30.5 Å². The van der Waals surface area contributed by atoms with Crippen molar-refractivity contribution in [3.63, 3.8) is 0 Å². The quantitative estimate of drug-likeness (QED) is 0.148. The van der Waals surface area contributed by atoms with Crippen LogP contribution in [-0.2, 0) is 16.5 Å². The zero-order chi connectivity index (χ0) is 29.9. The number of aromatic nitrogens is 2. The van der Waals surface area contributed by atoms with Gasteiger partial charge in [-0.15, -0.1) is 9.13 Å². The number of hydrogen-bond donors (Lipinski definition) is 0. The molecule has 6 aliphatic rings. The first kappa shape index (κ1) is 24.0. The maximum atomic E-state index is 6.91. The monoisotopic (exact) mass is 591 g/mol. The second-order valence-corrected chi connectivity index (χ2v) is 20.5. The molecule has 0 amide bonds. The van der Waals surface area contributed by atoms with Crippen molar-refractivity contribution in [2.45, 2.75) is 63.8 Å². The Kier molecular flexibility index (Phi) is 3.62. The fourth-order valence-corrected chi connectivity index (χ4v) is 10.6. The molecule has 5 nitrogen and oxygen atoms in total. The van der Waals surface area contributed by atoms with Gasteiger partial charge < -0.3 is 9.47 Å². The van der Waals surface area contributed by atoms with Gasteiger partial charge >= 0.3 is 11.5 Å². The van der Waals surface area contributed by atoms with E-state index in [-0.39, 0.29) is 10.8 Å². The van der Waals surface area contributed by atoms with E-state index in [9.17, 15) is 0 Å². The molecule has 5 aromatic rings. The molecule has 8 heterocycles. The largest absolute Gasteiger partial charge is 0.455 e. The van der Waals surface area contributed by atoms with Crippen LogP contribution in [0.15, 0.2) is 72.8 Å². The molecule has 0 radical (unpaired) electrons. The lowest BCUT2D eigenvalue weighted by Gasteiger charge is -2.49. The summed E-state index contributed by atoms with van der Waals surface area (Å²) < 4.78 is 19.0. The van der Waals surface area contributed by atoms with Crippen molar-refractivity contribution in [1.29, 1.82) is 0 Å². The highest BCUT2D eigenvalue weighted by atomic mass is 28.3. The molecular formula is C38H33N3O2Si+2. The Morgan fingerprint density at radius 1 is 0.614 bits per heavy atom. The molecule has 6 heteroatoms. The Bertz CT molecular complexity index is 2280. The average Bonchev–Trinajstić information content (AvgIpc) is 3.28. The predicted molar refractivity (Wildman–Crippen MR) is 172 cm³/mol. The lowest BCUT2D eigenvalue weighted by atomic mass is 9.64. The zero-order valence-electron chi connectivity index (χ0n) is 26.1. The maximum Gasteiger partial charge on any atom is 0.381 e. The molecule has 0 fully saturated rings. The molecule has 11 rings (SSSR count). The summed E-state index contributed by atoms with van der Waals surface area (Å²) in [6, 6.07) is 27.4. The van der Waals surface area contributed by atoms with Gasteiger partial charge in [0, 0.05) is 33.6 Å². The number of benzene rings is 3. The summed E-state index contributed by atoms with van der Waals surface area (Å²) in [7, 11) is -1.69. The van der Waals surface area contributed by atoms with Crippen LogP contribution < -0.4 is 28.7 Å². The van der Waals surface area contributed by atoms with Gasteiger partial charge in [-0.25, -0.2) is 0 Å². The molecule has 0 saturated heterocycles. The Balaban J connectivity index is 1.44. The summed E-state index contributed by atoms with van der Waals surface area (Å²) in [6.45, 7) is 16.9. The first-order chi connectivity index (χ1) is 21.0. The lowest BCUT2D eigenvalue weighted by Crippen LogP contribution is -2.76. The van der Waals surface area contributed by atoms with E-state index in [1.807, 2.05) is 0 Å². The molecule has 0 aliphatic carbocycles. The summed E-state index contributed by atoms with van der Waals surface area (Å²) in [5.41, 5.74) is 11.7. The van der Waals surface area contributed by atoms with Crippen LogP contribution >= 0.6 is 0 Å². The second-order valence-electron chi connectivity index (χ2n) is 15.5. The molecule has 214 valence electrons. The minimum Gasteiger partial charge on any atom is -0.455 e. The van der Waals surface area contributed by atoms with Gasteiger partial charge in [-0.2, -0.15) is 4.90 Å². The normalized spacial score (nSPS) is 21.4. The van der Waals surface area contributed by atoms with Crippen molar-refractivity contribution in [2.75, 3.05) is 4.90 Å². The third kappa shape index (κ3) is 2.19. The van der Waals surface area contributed by atoms with Crippen LogP contribution in [0.4, 0.5) is 17.2 Å². The third-order valence-electron chi connectivity index (χ3n) is 11.6. The number of para-hydroxylation sites is 1. The Morgan fingerprint density at radius 2 is 1.25 bits per heavy atom. The van der Waals surface area contributed by atoms with Gasteiger partial charge in [-0.1, -0.05) is 77.7 Å². The molecule has 0 saturated carbocycles. The standard InChI is InChI=1S/C38H33N3O2Si/c1-36(2)21-10-8-11-22-33(21)39-34-23(36)15-17-29-32(34)38-31-27(42-29)12-9-13-28(31)43-30-19-20(44(5,6)7)18-26(40(30)38)25-16-14-24(37(22,3)4)35(39)41(25)38/h8-19H,1-7H3/q+2. The van der Waals surface area contributed by atoms with Gasteiger partial charge in [-0.3, -0.25) is 0 Å². The lowest BCUT2D eigenvalue weighted by molar-refractivity contribution is -0.936. The van der Waals surface area contributed by atoms with Crippen molar-refractivity contribution in [3.8, 4) is 34.5 Å². The van der Waals surface area contributed by atoms with E-state index in [0.717, 1.165) is 28.7 Å². The number of anilines is 3. The van der Waals surface area contributed by atoms with E-state index >= 15 is 0 Å². The van der Waals surface area contributed by atoms with Gasteiger partial charge in [-0.05, 0) is 35.5 Å². The van der Waals surface area contributed by atoms with Crippen LogP contribution in [0.2, 0.25) is 19.6 Å². The van der Waals surface area contributed by atoms with Crippen LogP contribution in [0.1, 0.15) is 61.1 Å². The maximum absolute atomic E-state index is 6.91. The highest BCUT2D eigenvalue weighted by Gasteiger charge is 2.75. The van der Waals surface area contributed by atoms with Crippen molar-refractivity contribution in [1.82, 2.24) is 0 Å². The molecule has 3 aromatic carbocycles. The molecule has 1 unspecified atom stereocenters. The van der Waals surface area contributed by atoms with Gasteiger partial charge in [0.2, 0.25) is 5.69 Å². The second kappa shape index (κ2) is 6.64. The summed E-state index contributed by atoms with van der Waals surface area (Å²) >= 11 is 0. The van der Waals surface area contributed by atoms with Gasteiger partial charge in [0.1, 0.15) is 17.2 Å². The van der Waals surface area contributed by atoms with Crippen molar-refractivity contribution in [2.24, 2.45) is 0 Å². The fraction of sp³-hybridized carbons (Fsp3) is 0.263. The predicted octanol–water partition coefficient (Wildman–Crippen LogP) is 7.36. The number of rotatable bonds is 1. The Labute approximate surface area is 258 Å². The fourth-order valence-electron chi connectivity index (χ4n) is 9.45. The smallest absolute Gasteiger partial charge is 0.381 e. The van der Waals surface area contributed by atoms with Crippen LogP contribution in [0.5, 0.6) is 23.1 Å². The van der Waals surface area contributed by atoms with Gasteiger partial charge in [0.25, 0.3) is 11.5 Å². The zero-order valence-corrected chi connectivity index (χ0v) is 27.1. The molecular weight excluding hydrogens is 559 g/mol. The van der Waals surface area contributed by atoms with Crippen LogP contribution in [-0.4, -0.2) is 8.07 Å². The number of nitrogens with zero attached hydrogens (tertiary/aromatic N) is 3. The number of hydrogen-bond acceptors (Lipinski definition) is 3. The summed E-state index contributed by atoms with van der Waals surface area (Å²) in [6.07, 6.45) is 0. The van der Waals surface area contributed by atoms with Crippen LogP contribution in [0.25, 0.3) is 11.4 Å². The highest BCUT2D eigenvalue weighted by Crippen LogP contribution is 2.67. The summed E-state index contributed by atoms with van der Waals surface area (Å²) in [4.78, 5) is 2.61. The van der Waals surface area contributed by atoms with E-state index in [1.165, 1.54) is 61.6 Å². The van der Waals surface area contributed by atoms with Gasteiger partial charge in [0.05, 0.1) is 19.7 Å². The number of ether oxygens (including phenoxy) is 2. The molecule has 1 atom stereocenters. The van der Waals surface area contributed by atoms with E-state index < -0.39 is 13.7 Å². The van der Waals surface area contributed by atoms with Crippen LogP contribution in [0, 0.1) is 0 Å². The Hall–Kier alpha value is -4.42. The van der Waals surface area contributed by atoms with Crippen molar-refractivity contribution < 1.29 is 18.6 Å². The third-order valence-corrected chi connectivity index (χ3v) is 13.6. The first-order valence-electron chi connectivity index (χ1n) is 15.8. The van der Waals surface area contributed by atoms with E-state index in [4.69, 9.17) is 9.47 Å². The van der Waals surface area contributed by atoms with Crippen LogP contribution in [0.3, 0.4) is 0 Å². The first-order valence-corrected chi connectivity index (χ1v) is 19.3. The minimum absolute atomic E-state index is 0.191. The Morgan fingerprint density at radius 3 is 2.00 bits per heavy atom.